The molecular weight excluding hydrogens is 336 g/mol. The number of benzene rings is 2. The lowest BCUT2D eigenvalue weighted by atomic mass is 9.86. The Balaban J connectivity index is 1.35. The predicted molar refractivity (Wildman–Crippen MR) is 109 cm³/mol. The highest BCUT2D eigenvalue weighted by atomic mass is 16.3. The molecule has 0 saturated carbocycles. The number of nitrogens with one attached hydrogen (secondary N) is 2. The summed E-state index contributed by atoms with van der Waals surface area (Å²) >= 11 is 0. The first-order valence-corrected chi connectivity index (χ1v) is 9.68. The monoisotopic (exact) mass is 362 g/mol. The van der Waals surface area contributed by atoms with Gasteiger partial charge in [0.05, 0.1) is 0 Å². The van der Waals surface area contributed by atoms with E-state index < -0.39 is 0 Å². The minimum Gasteiger partial charge on any atom is -0.508 e. The summed E-state index contributed by atoms with van der Waals surface area (Å²) in [7, 11) is 0. The van der Waals surface area contributed by atoms with Gasteiger partial charge in [0.2, 0.25) is 0 Å². The Kier molecular flexibility index (Phi) is 5.16. The molecule has 0 aliphatic carbocycles. The Hall–Kier alpha value is -2.72. The molecule has 0 amide bonds. The van der Waals surface area contributed by atoms with E-state index in [0.717, 1.165) is 37.7 Å². The van der Waals surface area contributed by atoms with Crippen LogP contribution in [-0.2, 0) is 6.42 Å². The molecule has 2 aromatic carbocycles. The number of hydrogen-bond donors (Lipinski definition) is 4. The zero-order chi connectivity index (χ0) is 18.6. The van der Waals surface area contributed by atoms with E-state index in [1.165, 1.54) is 16.5 Å². The Morgan fingerprint density at radius 2 is 1.89 bits per heavy atom. The van der Waals surface area contributed by atoms with Crippen molar-refractivity contribution in [1.82, 2.24) is 10.3 Å². The van der Waals surface area contributed by atoms with Gasteiger partial charge in [0.25, 0.3) is 0 Å². The van der Waals surface area contributed by atoms with E-state index in [1.807, 2.05) is 18.2 Å². The maximum atomic E-state index is 9.79. The zero-order valence-corrected chi connectivity index (χ0v) is 15.4. The first kappa shape index (κ1) is 17.7. The second-order valence-electron chi connectivity index (χ2n) is 7.35. The lowest BCUT2D eigenvalue weighted by Crippen LogP contribution is -2.37. The number of rotatable bonds is 6. The van der Waals surface area contributed by atoms with Gasteiger partial charge in [-0.15, -0.1) is 0 Å². The van der Waals surface area contributed by atoms with Gasteiger partial charge in [-0.05, 0) is 54.7 Å². The summed E-state index contributed by atoms with van der Waals surface area (Å²) in [6, 6.07) is 13.5. The van der Waals surface area contributed by atoms with Crippen molar-refractivity contribution in [2.45, 2.75) is 37.6 Å². The number of H-pyrrole nitrogens is 1. The second kappa shape index (κ2) is 7.89. The second-order valence-corrected chi connectivity index (χ2v) is 7.35. The average molecular weight is 362 g/mol. The van der Waals surface area contributed by atoms with Crippen molar-refractivity contribution in [1.29, 1.82) is 0 Å². The maximum Gasteiger partial charge on any atom is 0.117 e. The molecule has 140 valence electrons. The highest BCUT2D eigenvalue weighted by molar-refractivity contribution is 5.84. The van der Waals surface area contributed by atoms with Gasteiger partial charge in [0.1, 0.15) is 11.5 Å². The van der Waals surface area contributed by atoms with Crippen LogP contribution in [0.4, 0.5) is 0 Å². The van der Waals surface area contributed by atoms with Crippen molar-refractivity contribution in [3.8, 4) is 11.5 Å². The van der Waals surface area contributed by atoms with Crippen LogP contribution in [0.1, 0.15) is 36.3 Å². The number of unbranched alkanes of at least 4 members (excludes halogenated alkanes) is 1. The van der Waals surface area contributed by atoms with Crippen LogP contribution < -0.4 is 5.32 Å². The van der Waals surface area contributed by atoms with Gasteiger partial charge in [-0.2, -0.15) is 0 Å². The van der Waals surface area contributed by atoms with Gasteiger partial charge in [-0.1, -0.05) is 30.7 Å². The number of phenolic OH excluding ortho intramolecular Hbond substituents is 2. The molecular formula is C23H26N2O2. The van der Waals surface area contributed by atoms with Gasteiger partial charge < -0.3 is 20.5 Å². The molecule has 4 rings (SSSR count). The van der Waals surface area contributed by atoms with E-state index in [9.17, 15) is 10.2 Å². The Labute approximate surface area is 159 Å². The Morgan fingerprint density at radius 3 is 2.78 bits per heavy atom. The van der Waals surface area contributed by atoms with Crippen LogP contribution >= 0.6 is 0 Å². The normalized spacial score (nSPS) is 19.6. The standard InChI is InChI=1S/C23H26N2O2/c26-18-7-3-6-16(13-18)20-8-4-12-24-22(20)9-2-1-5-17-15-25-23-14-19(27)10-11-21(17)23/h3-4,6-8,10-11,13-15,20,22,24-27H,1-2,5,9,12H2. The summed E-state index contributed by atoms with van der Waals surface area (Å²) in [5.74, 6) is 0.933. The third-order valence-corrected chi connectivity index (χ3v) is 5.49. The van der Waals surface area contributed by atoms with Crippen molar-refractivity contribution in [2.24, 2.45) is 0 Å². The predicted octanol–water partition coefficient (Wildman–Crippen LogP) is 4.60. The number of aromatic nitrogens is 1. The maximum absolute atomic E-state index is 9.79. The molecule has 1 aromatic heterocycles. The minimum absolute atomic E-state index is 0.297. The zero-order valence-electron chi connectivity index (χ0n) is 15.4. The van der Waals surface area contributed by atoms with Crippen LogP contribution in [-0.4, -0.2) is 27.8 Å². The summed E-state index contributed by atoms with van der Waals surface area (Å²) in [4.78, 5) is 3.25. The van der Waals surface area contributed by atoms with E-state index in [-0.39, 0.29) is 0 Å². The average Bonchev–Trinajstić information content (AvgIpc) is 3.07. The summed E-state index contributed by atoms with van der Waals surface area (Å²) in [6.45, 7) is 0.909. The van der Waals surface area contributed by atoms with Gasteiger partial charge in [-0.25, -0.2) is 0 Å². The smallest absolute Gasteiger partial charge is 0.117 e. The van der Waals surface area contributed by atoms with Crippen LogP contribution in [0.25, 0.3) is 10.9 Å². The molecule has 0 saturated heterocycles. The molecule has 0 spiro atoms. The van der Waals surface area contributed by atoms with Gasteiger partial charge >= 0.3 is 0 Å². The fourth-order valence-electron chi connectivity index (χ4n) is 4.11. The number of phenols is 2. The third-order valence-electron chi connectivity index (χ3n) is 5.49. The van der Waals surface area contributed by atoms with Crippen molar-refractivity contribution in [3.05, 3.63) is 71.9 Å². The summed E-state index contributed by atoms with van der Waals surface area (Å²) < 4.78 is 0. The third kappa shape index (κ3) is 4.01. The van der Waals surface area contributed by atoms with Crippen LogP contribution in [0.3, 0.4) is 0 Å². The molecule has 1 aliphatic heterocycles. The number of aromatic hydroxyl groups is 2. The van der Waals surface area contributed by atoms with Gasteiger partial charge in [0.15, 0.2) is 0 Å². The van der Waals surface area contributed by atoms with E-state index in [0.29, 0.717) is 23.5 Å². The molecule has 1 aliphatic rings. The fourth-order valence-corrected chi connectivity index (χ4v) is 4.11. The highest BCUT2D eigenvalue weighted by Gasteiger charge is 2.22. The van der Waals surface area contributed by atoms with Crippen LogP contribution in [0.15, 0.2) is 60.8 Å². The van der Waals surface area contributed by atoms with Crippen molar-refractivity contribution in [2.75, 3.05) is 6.54 Å². The number of aromatic amines is 1. The topological polar surface area (TPSA) is 68.3 Å². The molecule has 0 bridgehead atoms. The summed E-state index contributed by atoms with van der Waals surface area (Å²) in [5, 5.41) is 24.2. The van der Waals surface area contributed by atoms with Crippen molar-refractivity contribution in [3.63, 3.8) is 0 Å². The molecule has 2 heterocycles. The molecule has 27 heavy (non-hydrogen) atoms. The summed E-state index contributed by atoms with van der Waals surface area (Å²) in [6.07, 6.45) is 10.9. The van der Waals surface area contributed by atoms with E-state index in [4.69, 9.17) is 0 Å². The quantitative estimate of drug-likeness (QED) is 0.382. The highest BCUT2D eigenvalue weighted by Crippen LogP contribution is 2.29. The molecule has 0 radical (unpaired) electrons. The van der Waals surface area contributed by atoms with Crippen molar-refractivity contribution >= 4 is 10.9 Å². The van der Waals surface area contributed by atoms with Gasteiger partial charge in [0, 0.05) is 41.7 Å². The first-order chi connectivity index (χ1) is 13.2. The molecule has 2 unspecified atom stereocenters. The van der Waals surface area contributed by atoms with E-state index in [1.54, 1.807) is 18.2 Å². The van der Waals surface area contributed by atoms with Crippen LogP contribution in [0, 0.1) is 0 Å². The molecule has 2 atom stereocenters. The number of hydrogen-bond acceptors (Lipinski definition) is 3. The minimum atomic E-state index is 0.297. The number of aryl methyl sites for hydroxylation is 1. The largest absolute Gasteiger partial charge is 0.508 e. The molecule has 3 aromatic rings. The van der Waals surface area contributed by atoms with E-state index >= 15 is 0 Å². The van der Waals surface area contributed by atoms with Crippen LogP contribution in [0.2, 0.25) is 0 Å². The van der Waals surface area contributed by atoms with Crippen LogP contribution in [0.5, 0.6) is 11.5 Å². The summed E-state index contributed by atoms with van der Waals surface area (Å²) in [5.41, 5.74) is 3.47. The Morgan fingerprint density at radius 1 is 1.00 bits per heavy atom. The molecule has 4 nitrogen and oxygen atoms in total. The van der Waals surface area contributed by atoms with Crippen molar-refractivity contribution < 1.29 is 10.2 Å². The molecule has 4 N–H and O–H groups in total. The SMILES string of the molecule is Oc1cccc(C2C=CCNC2CCCCc2c[nH]c3cc(O)ccc23)c1. The fraction of sp³-hybridized carbons (Fsp3) is 0.304. The lowest BCUT2D eigenvalue weighted by Gasteiger charge is -2.29. The first-order valence-electron chi connectivity index (χ1n) is 9.68. The number of fused-ring (bicyclic) bond motifs is 1. The Bertz CT molecular complexity index is 944. The molecule has 4 heteroatoms. The molecule has 0 fully saturated rings. The van der Waals surface area contributed by atoms with E-state index in [2.05, 4.69) is 34.7 Å². The lowest BCUT2D eigenvalue weighted by molar-refractivity contribution is 0.430. The van der Waals surface area contributed by atoms with Gasteiger partial charge in [-0.3, -0.25) is 0 Å².